The number of benzene rings is 1. The van der Waals surface area contributed by atoms with Crippen molar-refractivity contribution in [1.29, 1.82) is 0 Å². The molecule has 106 valence electrons. The Labute approximate surface area is 120 Å². The largest absolute Gasteiger partial charge is 0.353 e. The average Bonchev–Trinajstić information content (AvgIpc) is 2.37. The van der Waals surface area contributed by atoms with E-state index >= 15 is 0 Å². The minimum absolute atomic E-state index is 0.0603. The molecule has 0 aliphatic carbocycles. The molecule has 0 spiro atoms. The van der Waals surface area contributed by atoms with Gasteiger partial charge < -0.3 is 11.1 Å². The predicted octanol–water partition coefficient (Wildman–Crippen LogP) is 2.80. The Bertz CT molecular complexity index is 392. The lowest BCUT2D eigenvalue weighted by atomic mass is 9.96. The van der Waals surface area contributed by atoms with Crippen LogP contribution in [-0.4, -0.2) is 23.2 Å². The maximum atomic E-state index is 12.0. The highest BCUT2D eigenvalue weighted by atomic mass is 32.2. The van der Waals surface area contributed by atoms with E-state index in [-0.39, 0.29) is 5.91 Å². The van der Waals surface area contributed by atoms with E-state index in [1.807, 2.05) is 25.1 Å². The van der Waals surface area contributed by atoms with Crippen molar-refractivity contribution in [3.8, 4) is 0 Å². The Morgan fingerprint density at radius 3 is 2.63 bits per heavy atom. The van der Waals surface area contributed by atoms with Crippen molar-refractivity contribution in [3.63, 3.8) is 0 Å². The Balaban J connectivity index is 2.38. The minimum Gasteiger partial charge on any atom is -0.353 e. The highest BCUT2D eigenvalue weighted by Gasteiger charge is 2.26. The molecule has 0 fully saturated rings. The van der Waals surface area contributed by atoms with E-state index in [1.54, 1.807) is 18.7 Å². The zero-order valence-electron chi connectivity index (χ0n) is 12.0. The quantitative estimate of drug-likeness (QED) is 0.755. The third-order valence-electron chi connectivity index (χ3n) is 2.92. The van der Waals surface area contributed by atoms with Crippen LogP contribution in [0.5, 0.6) is 0 Å². The second kappa shape index (κ2) is 7.56. The highest BCUT2D eigenvalue weighted by molar-refractivity contribution is 8.00. The zero-order valence-corrected chi connectivity index (χ0v) is 12.8. The Morgan fingerprint density at radius 2 is 2.05 bits per heavy atom. The molecule has 0 heterocycles. The maximum Gasteiger partial charge on any atom is 0.239 e. The van der Waals surface area contributed by atoms with Crippen LogP contribution in [0.15, 0.2) is 35.2 Å². The first-order valence-electron chi connectivity index (χ1n) is 6.74. The molecule has 4 heteroatoms. The van der Waals surface area contributed by atoms with Gasteiger partial charge in [-0.2, -0.15) is 0 Å². The summed E-state index contributed by atoms with van der Waals surface area (Å²) < 4.78 is 0. The third-order valence-corrected chi connectivity index (χ3v) is 4.03. The molecule has 1 rings (SSSR count). The van der Waals surface area contributed by atoms with Crippen molar-refractivity contribution < 1.29 is 4.79 Å². The van der Waals surface area contributed by atoms with Crippen molar-refractivity contribution in [2.75, 3.05) is 6.54 Å². The number of rotatable bonds is 7. The van der Waals surface area contributed by atoms with Gasteiger partial charge >= 0.3 is 0 Å². The fourth-order valence-corrected chi connectivity index (χ4v) is 2.79. The number of amides is 1. The molecule has 0 aromatic heterocycles. The van der Waals surface area contributed by atoms with Gasteiger partial charge in [0.15, 0.2) is 0 Å². The minimum atomic E-state index is -0.758. The van der Waals surface area contributed by atoms with Crippen LogP contribution in [0.4, 0.5) is 0 Å². The molecule has 0 saturated carbocycles. The van der Waals surface area contributed by atoms with Crippen molar-refractivity contribution >= 4 is 17.7 Å². The van der Waals surface area contributed by atoms with Gasteiger partial charge in [0, 0.05) is 16.7 Å². The van der Waals surface area contributed by atoms with Crippen LogP contribution in [0.1, 0.15) is 33.6 Å². The number of nitrogens with two attached hydrogens (primary N) is 1. The van der Waals surface area contributed by atoms with E-state index in [1.165, 1.54) is 4.90 Å². The van der Waals surface area contributed by atoms with Crippen LogP contribution >= 0.6 is 11.8 Å². The maximum absolute atomic E-state index is 12.0. The van der Waals surface area contributed by atoms with Gasteiger partial charge in [0.2, 0.25) is 5.91 Å². The first-order chi connectivity index (χ1) is 8.95. The summed E-state index contributed by atoms with van der Waals surface area (Å²) in [4.78, 5) is 13.2. The number of carbonyl (C=O) groups excluding carboxylic acids is 1. The first kappa shape index (κ1) is 16.1. The summed E-state index contributed by atoms with van der Waals surface area (Å²) in [5.74, 6) is -0.0603. The van der Waals surface area contributed by atoms with E-state index in [0.717, 1.165) is 6.42 Å². The second-order valence-electron chi connectivity index (χ2n) is 5.12. The van der Waals surface area contributed by atoms with Crippen LogP contribution in [0.2, 0.25) is 0 Å². The predicted molar refractivity (Wildman–Crippen MR) is 82.3 cm³/mol. The summed E-state index contributed by atoms with van der Waals surface area (Å²) in [5.41, 5.74) is 5.23. The van der Waals surface area contributed by atoms with E-state index in [4.69, 9.17) is 5.73 Å². The van der Waals surface area contributed by atoms with E-state index in [2.05, 4.69) is 24.4 Å². The Hall–Kier alpha value is -1.00. The molecule has 1 amide bonds. The van der Waals surface area contributed by atoms with Gasteiger partial charge in [0.25, 0.3) is 0 Å². The van der Waals surface area contributed by atoms with Crippen LogP contribution < -0.4 is 11.1 Å². The van der Waals surface area contributed by atoms with Gasteiger partial charge in [-0.3, -0.25) is 4.79 Å². The Morgan fingerprint density at radius 1 is 1.42 bits per heavy atom. The zero-order chi connectivity index (χ0) is 14.3. The number of carbonyl (C=O) groups is 1. The first-order valence-corrected chi connectivity index (χ1v) is 7.62. The summed E-state index contributed by atoms with van der Waals surface area (Å²) in [7, 11) is 0. The van der Waals surface area contributed by atoms with E-state index in [9.17, 15) is 4.79 Å². The fourth-order valence-electron chi connectivity index (χ4n) is 1.84. The molecule has 3 N–H and O–H groups in total. The van der Waals surface area contributed by atoms with Crippen molar-refractivity contribution in [2.24, 2.45) is 5.73 Å². The van der Waals surface area contributed by atoms with Gasteiger partial charge in [-0.05, 0) is 25.5 Å². The summed E-state index contributed by atoms with van der Waals surface area (Å²) in [5, 5.41) is 3.27. The van der Waals surface area contributed by atoms with Gasteiger partial charge in [-0.15, -0.1) is 11.8 Å². The standard InChI is InChI=1S/C15H24N2OS/c1-4-10-15(3,16)14(18)17-11-12(2)19-13-8-6-5-7-9-13/h5-9,12H,4,10-11,16H2,1-3H3,(H,17,18). The fraction of sp³-hybridized carbons (Fsp3) is 0.533. The summed E-state index contributed by atoms with van der Waals surface area (Å²) in [6.07, 6.45) is 1.62. The highest BCUT2D eigenvalue weighted by Crippen LogP contribution is 2.22. The van der Waals surface area contributed by atoms with Gasteiger partial charge in [-0.25, -0.2) is 0 Å². The topological polar surface area (TPSA) is 55.1 Å². The number of hydrogen-bond acceptors (Lipinski definition) is 3. The molecule has 0 aliphatic heterocycles. The van der Waals surface area contributed by atoms with Crippen molar-refractivity contribution in [1.82, 2.24) is 5.32 Å². The summed E-state index contributed by atoms with van der Waals surface area (Å²) in [6, 6.07) is 10.2. The monoisotopic (exact) mass is 280 g/mol. The molecule has 0 radical (unpaired) electrons. The van der Waals surface area contributed by atoms with Crippen LogP contribution in [0.25, 0.3) is 0 Å². The molecule has 0 bridgehead atoms. The summed E-state index contributed by atoms with van der Waals surface area (Å²) in [6.45, 7) is 6.56. The van der Waals surface area contributed by atoms with Gasteiger partial charge in [0.05, 0.1) is 5.54 Å². The molecule has 0 saturated heterocycles. The average molecular weight is 280 g/mol. The van der Waals surface area contributed by atoms with Crippen molar-refractivity contribution in [2.45, 2.75) is 49.3 Å². The second-order valence-corrected chi connectivity index (χ2v) is 6.63. The molecule has 2 atom stereocenters. The molecule has 0 aliphatic rings. The SMILES string of the molecule is CCCC(C)(N)C(=O)NCC(C)Sc1ccccc1. The lowest BCUT2D eigenvalue weighted by molar-refractivity contribution is -0.126. The molecule has 1 aromatic rings. The molecule has 1 aromatic carbocycles. The third kappa shape index (κ3) is 5.66. The molecular weight excluding hydrogens is 256 g/mol. The molecular formula is C15H24N2OS. The van der Waals surface area contributed by atoms with E-state index in [0.29, 0.717) is 18.2 Å². The Kier molecular flexibility index (Phi) is 6.38. The smallest absolute Gasteiger partial charge is 0.239 e. The molecule has 3 nitrogen and oxygen atoms in total. The number of hydrogen-bond donors (Lipinski definition) is 2. The van der Waals surface area contributed by atoms with Crippen LogP contribution in [0, 0.1) is 0 Å². The van der Waals surface area contributed by atoms with Crippen LogP contribution in [-0.2, 0) is 4.79 Å². The van der Waals surface area contributed by atoms with Crippen molar-refractivity contribution in [3.05, 3.63) is 30.3 Å². The normalized spacial score (nSPS) is 15.6. The molecule has 19 heavy (non-hydrogen) atoms. The molecule has 2 unspecified atom stereocenters. The van der Waals surface area contributed by atoms with Gasteiger partial charge in [0.1, 0.15) is 0 Å². The van der Waals surface area contributed by atoms with Gasteiger partial charge in [-0.1, -0.05) is 38.5 Å². The lowest BCUT2D eigenvalue weighted by Gasteiger charge is -2.24. The number of thioether (sulfide) groups is 1. The number of nitrogens with one attached hydrogen (secondary N) is 1. The van der Waals surface area contributed by atoms with Crippen LogP contribution in [0.3, 0.4) is 0 Å². The van der Waals surface area contributed by atoms with E-state index < -0.39 is 5.54 Å². The lowest BCUT2D eigenvalue weighted by Crippen LogP contribution is -2.52. The summed E-state index contributed by atoms with van der Waals surface area (Å²) >= 11 is 1.75.